The minimum Gasteiger partial charge on any atom is -0.320 e. The zero-order valence-electron chi connectivity index (χ0n) is 11.8. The van der Waals surface area contributed by atoms with Gasteiger partial charge in [-0.25, -0.2) is 0 Å². The average Bonchev–Trinajstić information content (AvgIpc) is 2.80. The summed E-state index contributed by atoms with van der Waals surface area (Å²) in [6.45, 7) is 8.35. The molecule has 0 amide bonds. The fourth-order valence-corrected chi connectivity index (χ4v) is 2.21. The smallest absolute Gasteiger partial charge is 0.0467 e. The quantitative estimate of drug-likeness (QED) is 0.867. The molecule has 1 aromatic carbocycles. The summed E-state index contributed by atoms with van der Waals surface area (Å²) in [7, 11) is 0. The van der Waals surface area contributed by atoms with Crippen LogP contribution in [0.5, 0.6) is 0 Å². The van der Waals surface area contributed by atoms with Crippen molar-refractivity contribution < 1.29 is 0 Å². The largest absolute Gasteiger partial charge is 0.320 e. The number of hydrogen-bond donors (Lipinski definition) is 1. The zero-order valence-corrected chi connectivity index (χ0v) is 12.5. The molecule has 0 aliphatic rings. The molecule has 0 aliphatic carbocycles. The van der Waals surface area contributed by atoms with Crippen LogP contribution in [-0.2, 0) is 6.54 Å². The van der Waals surface area contributed by atoms with E-state index >= 15 is 0 Å². The third-order valence-corrected chi connectivity index (χ3v) is 3.53. The maximum atomic E-state index is 6.20. The van der Waals surface area contributed by atoms with Crippen molar-refractivity contribution in [1.29, 1.82) is 0 Å². The zero-order chi connectivity index (χ0) is 13.8. The van der Waals surface area contributed by atoms with Crippen molar-refractivity contribution in [3.05, 3.63) is 52.8 Å². The fraction of sp³-hybridized carbons (Fsp3) is 0.375. The van der Waals surface area contributed by atoms with Crippen molar-refractivity contribution in [2.45, 2.75) is 27.3 Å². The Kier molecular flexibility index (Phi) is 4.67. The van der Waals surface area contributed by atoms with Gasteiger partial charge in [-0.3, -0.25) is 0 Å². The molecular formula is C16H21ClN2. The number of halogens is 1. The van der Waals surface area contributed by atoms with Gasteiger partial charge in [0.1, 0.15) is 0 Å². The summed E-state index contributed by atoms with van der Waals surface area (Å²) in [5.41, 5.74) is 3.47. The molecule has 0 saturated heterocycles. The van der Waals surface area contributed by atoms with E-state index in [4.69, 9.17) is 11.6 Å². The molecule has 0 unspecified atom stereocenters. The van der Waals surface area contributed by atoms with Crippen molar-refractivity contribution >= 4 is 11.6 Å². The minimum absolute atomic E-state index is 0.664. The Hall–Kier alpha value is -1.25. The Balaban J connectivity index is 2.16. The number of aryl methyl sites for hydroxylation is 1. The van der Waals surface area contributed by atoms with Gasteiger partial charge in [0.05, 0.1) is 0 Å². The Morgan fingerprint density at radius 1 is 1.26 bits per heavy atom. The molecule has 1 aromatic heterocycles. The van der Waals surface area contributed by atoms with Crippen LogP contribution < -0.4 is 5.32 Å². The molecule has 0 spiro atoms. The topological polar surface area (TPSA) is 17.0 Å². The molecule has 0 atom stereocenters. The van der Waals surface area contributed by atoms with Crippen molar-refractivity contribution in [2.24, 2.45) is 5.92 Å². The molecule has 1 heterocycles. The van der Waals surface area contributed by atoms with E-state index in [9.17, 15) is 0 Å². The molecule has 0 bridgehead atoms. The second-order valence-corrected chi connectivity index (χ2v) is 5.73. The van der Waals surface area contributed by atoms with Crippen LogP contribution in [0.3, 0.4) is 0 Å². The normalized spacial score (nSPS) is 11.2. The first kappa shape index (κ1) is 14.2. The lowest BCUT2D eigenvalue weighted by molar-refractivity contribution is 0.545. The summed E-state index contributed by atoms with van der Waals surface area (Å²) < 4.78 is 2.18. The maximum absolute atomic E-state index is 6.20. The van der Waals surface area contributed by atoms with Crippen molar-refractivity contribution in [3.8, 4) is 5.69 Å². The molecule has 0 aliphatic heterocycles. The molecular weight excluding hydrogens is 256 g/mol. The Bertz CT molecular complexity index is 543. The van der Waals surface area contributed by atoms with Gasteiger partial charge in [0, 0.05) is 29.1 Å². The Morgan fingerprint density at radius 2 is 2.05 bits per heavy atom. The Morgan fingerprint density at radius 3 is 2.74 bits per heavy atom. The third-order valence-electron chi connectivity index (χ3n) is 3.13. The highest BCUT2D eigenvalue weighted by Crippen LogP contribution is 2.21. The van der Waals surface area contributed by atoms with Gasteiger partial charge in [-0.1, -0.05) is 31.5 Å². The second kappa shape index (κ2) is 6.27. The first-order chi connectivity index (χ1) is 9.08. The minimum atomic E-state index is 0.664. The summed E-state index contributed by atoms with van der Waals surface area (Å²) in [5, 5.41) is 4.28. The summed E-state index contributed by atoms with van der Waals surface area (Å²) >= 11 is 6.20. The van der Waals surface area contributed by atoms with Gasteiger partial charge in [-0.2, -0.15) is 0 Å². The summed E-state index contributed by atoms with van der Waals surface area (Å²) in [6, 6.07) is 10.4. The predicted molar refractivity (Wildman–Crippen MR) is 82.1 cm³/mol. The monoisotopic (exact) mass is 276 g/mol. The Labute approximate surface area is 120 Å². The van der Waals surface area contributed by atoms with E-state index in [-0.39, 0.29) is 0 Å². The highest BCUT2D eigenvalue weighted by Gasteiger charge is 2.05. The summed E-state index contributed by atoms with van der Waals surface area (Å²) in [6.07, 6.45) is 2.08. The van der Waals surface area contributed by atoms with Gasteiger partial charge in [0.25, 0.3) is 0 Å². The van der Waals surface area contributed by atoms with Gasteiger partial charge in [0.15, 0.2) is 0 Å². The number of benzene rings is 1. The van der Waals surface area contributed by atoms with Gasteiger partial charge >= 0.3 is 0 Å². The highest BCUT2D eigenvalue weighted by atomic mass is 35.5. The van der Waals surface area contributed by atoms with Crippen LogP contribution in [0.2, 0.25) is 5.02 Å². The van der Waals surface area contributed by atoms with Gasteiger partial charge in [-0.05, 0) is 49.2 Å². The fourth-order valence-electron chi connectivity index (χ4n) is 2.03. The first-order valence-corrected chi connectivity index (χ1v) is 7.09. The van der Waals surface area contributed by atoms with Gasteiger partial charge in [0.2, 0.25) is 0 Å². The van der Waals surface area contributed by atoms with Crippen LogP contribution in [0.15, 0.2) is 36.5 Å². The third kappa shape index (κ3) is 3.62. The van der Waals surface area contributed by atoms with E-state index < -0.39 is 0 Å². The molecule has 2 aromatic rings. The van der Waals surface area contributed by atoms with Crippen LogP contribution in [0, 0.1) is 12.8 Å². The van der Waals surface area contributed by atoms with Crippen molar-refractivity contribution in [2.75, 3.05) is 6.54 Å². The second-order valence-electron chi connectivity index (χ2n) is 5.33. The lowest BCUT2D eigenvalue weighted by Gasteiger charge is -2.12. The lowest BCUT2D eigenvalue weighted by Crippen LogP contribution is -2.20. The number of aromatic nitrogens is 1. The number of hydrogen-bond acceptors (Lipinski definition) is 1. The van der Waals surface area contributed by atoms with Crippen LogP contribution in [0.25, 0.3) is 5.69 Å². The van der Waals surface area contributed by atoms with Crippen molar-refractivity contribution in [3.63, 3.8) is 0 Å². The summed E-state index contributed by atoms with van der Waals surface area (Å²) in [5.74, 6) is 0.664. The van der Waals surface area contributed by atoms with E-state index in [2.05, 4.69) is 54.2 Å². The van der Waals surface area contributed by atoms with Gasteiger partial charge < -0.3 is 9.88 Å². The van der Waals surface area contributed by atoms with Crippen LogP contribution >= 0.6 is 11.6 Å². The SMILES string of the molecule is Cc1ccc(-n2cccc2CNCC(C)C)cc1Cl. The van der Waals surface area contributed by atoms with Gasteiger partial charge in [-0.15, -0.1) is 0 Å². The van der Waals surface area contributed by atoms with E-state index in [0.29, 0.717) is 5.92 Å². The van der Waals surface area contributed by atoms with Crippen LogP contribution in [0.4, 0.5) is 0 Å². The molecule has 0 radical (unpaired) electrons. The molecule has 0 fully saturated rings. The molecule has 2 rings (SSSR count). The number of rotatable bonds is 5. The molecule has 2 nitrogen and oxygen atoms in total. The van der Waals surface area contributed by atoms with Crippen LogP contribution in [-0.4, -0.2) is 11.1 Å². The van der Waals surface area contributed by atoms with Crippen LogP contribution in [0.1, 0.15) is 25.1 Å². The molecule has 19 heavy (non-hydrogen) atoms. The predicted octanol–water partition coefficient (Wildman–Crippen LogP) is 4.18. The van der Waals surface area contributed by atoms with E-state index in [1.165, 1.54) is 5.69 Å². The van der Waals surface area contributed by atoms with E-state index in [1.54, 1.807) is 0 Å². The van der Waals surface area contributed by atoms with E-state index in [0.717, 1.165) is 29.4 Å². The van der Waals surface area contributed by atoms with E-state index in [1.807, 2.05) is 13.0 Å². The summed E-state index contributed by atoms with van der Waals surface area (Å²) in [4.78, 5) is 0. The number of nitrogens with one attached hydrogen (secondary N) is 1. The lowest BCUT2D eigenvalue weighted by atomic mass is 10.2. The molecule has 102 valence electrons. The van der Waals surface area contributed by atoms with Crippen molar-refractivity contribution in [1.82, 2.24) is 9.88 Å². The number of nitrogens with zero attached hydrogens (tertiary/aromatic N) is 1. The molecule has 0 saturated carbocycles. The molecule has 3 heteroatoms. The highest BCUT2D eigenvalue weighted by molar-refractivity contribution is 6.31. The standard InChI is InChI=1S/C16H21ClN2/c1-12(2)10-18-11-15-5-4-8-19(15)14-7-6-13(3)16(17)9-14/h4-9,12,18H,10-11H2,1-3H3. The first-order valence-electron chi connectivity index (χ1n) is 6.71. The maximum Gasteiger partial charge on any atom is 0.0467 e. The average molecular weight is 277 g/mol. The molecule has 1 N–H and O–H groups in total.